The summed E-state index contributed by atoms with van der Waals surface area (Å²) in [6, 6.07) is 0. The number of carbonyl (C=O) groups excluding carboxylic acids is 2. The Kier molecular flexibility index (Phi) is 6.71. The molecule has 0 aromatic heterocycles. The van der Waals surface area contributed by atoms with E-state index in [1.54, 1.807) is 0 Å². The minimum absolute atomic E-state index is 0. The number of carbonyl (C=O) groups is 4. The molecular formula is C4H3ClO9. The van der Waals surface area contributed by atoms with Crippen molar-refractivity contribution in [2.24, 2.45) is 0 Å². The third-order valence-electron chi connectivity index (χ3n) is 0.508. The van der Waals surface area contributed by atoms with Crippen LogP contribution in [-0.4, -0.2) is 34.8 Å². The molecule has 14 heavy (non-hydrogen) atoms. The molecule has 0 radical (unpaired) electrons. The average Bonchev–Trinajstić information content (AvgIpc) is 1.80. The van der Waals surface area contributed by atoms with E-state index in [1.165, 1.54) is 0 Å². The Bertz CT molecular complexity index is 232. The molecule has 2 N–H and O–H groups in total. The third-order valence-corrected chi connectivity index (χ3v) is 0.508. The third kappa shape index (κ3) is 8.07. The fourth-order valence-electron chi connectivity index (χ4n) is 0.252. The van der Waals surface area contributed by atoms with E-state index in [4.69, 9.17) is 10.2 Å². The minimum atomic E-state index is -2.01. The SMILES string of the molecule is Cl.O=C(O)OC(=O)OC(=O)OC(=O)O. The van der Waals surface area contributed by atoms with Crippen LogP contribution in [0.2, 0.25) is 0 Å². The molecule has 0 saturated carbocycles. The van der Waals surface area contributed by atoms with Gasteiger partial charge in [-0.25, -0.2) is 19.2 Å². The second kappa shape index (κ2) is 6.48. The van der Waals surface area contributed by atoms with Crippen LogP contribution < -0.4 is 0 Å². The molecule has 10 heteroatoms. The Morgan fingerprint density at radius 1 is 0.714 bits per heavy atom. The van der Waals surface area contributed by atoms with Gasteiger partial charge in [0.05, 0.1) is 0 Å². The van der Waals surface area contributed by atoms with Gasteiger partial charge in [0, 0.05) is 0 Å². The van der Waals surface area contributed by atoms with E-state index in [1.807, 2.05) is 0 Å². The van der Waals surface area contributed by atoms with E-state index < -0.39 is 24.6 Å². The lowest BCUT2D eigenvalue weighted by atomic mass is 11.2. The van der Waals surface area contributed by atoms with Gasteiger partial charge in [0.25, 0.3) is 0 Å². The van der Waals surface area contributed by atoms with E-state index in [9.17, 15) is 19.2 Å². The van der Waals surface area contributed by atoms with E-state index in [-0.39, 0.29) is 12.4 Å². The maximum absolute atomic E-state index is 10.1. The number of rotatable bonds is 0. The average molecular weight is 231 g/mol. The first kappa shape index (κ1) is 14.5. The maximum Gasteiger partial charge on any atom is 0.528 e. The molecule has 0 atom stereocenters. The highest BCUT2D eigenvalue weighted by molar-refractivity contribution is 5.86. The molecule has 0 heterocycles. The zero-order valence-electron chi connectivity index (χ0n) is 6.16. The molecule has 0 spiro atoms. The molecule has 0 aliphatic rings. The lowest BCUT2D eigenvalue weighted by Crippen LogP contribution is -2.19. The Labute approximate surface area is 81.6 Å². The van der Waals surface area contributed by atoms with Gasteiger partial charge in [0.2, 0.25) is 0 Å². The minimum Gasteiger partial charge on any atom is -0.449 e. The quantitative estimate of drug-likeness (QED) is 0.462. The first-order chi connectivity index (χ1) is 5.91. The molecule has 0 aromatic rings. The lowest BCUT2D eigenvalue weighted by molar-refractivity contribution is 0.0415. The maximum atomic E-state index is 10.1. The predicted molar refractivity (Wildman–Crippen MR) is 37.3 cm³/mol. The molecule has 80 valence electrons. The molecule has 9 nitrogen and oxygen atoms in total. The van der Waals surface area contributed by atoms with Gasteiger partial charge in [-0.05, 0) is 0 Å². The first-order valence-electron chi connectivity index (χ1n) is 2.49. The first-order valence-corrected chi connectivity index (χ1v) is 2.49. The van der Waals surface area contributed by atoms with E-state index in [0.29, 0.717) is 0 Å². The van der Waals surface area contributed by atoms with Crippen LogP contribution in [0.5, 0.6) is 0 Å². The van der Waals surface area contributed by atoms with Gasteiger partial charge < -0.3 is 24.4 Å². The summed E-state index contributed by atoms with van der Waals surface area (Å²) in [5.41, 5.74) is 0. The molecule has 0 rings (SSSR count). The van der Waals surface area contributed by atoms with Crippen LogP contribution in [0.25, 0.3) is 0 Å². The highest BCUT2D eigenvalue weighted by Gasteiger charge is 2.18. The fourth-order valence-corrected chi connectivity index (χ4v) is 0.252. The Morgan fingerprint density at radius 3 is 1.21 bits per heavy atom. The molecule has 0 aromatic carbocycles. The molecule has 0 unspecified atom stereocenters. The number of carboxylic acid groups (broad SMARTS) is 2. The van der Waals surface area contributed by atoms with Gasteiger partial charge in [-0.3, -0.25) is 0 Å². The van der Waals surface area contributed by atoms with Crippen molar-refractivity contribution in [3.8, 4) is 0 Å². The van der Waals surface area contributed by atoms with Crippen molar-refractivity contribution in [1.82, 2.24) is 0 Å². The highest BCUT2D eigenvalue weighted by Crippen LogP contribution is 1.91. The Balaban J connectivity index is 0. The summed E-state index contributed by atoms with van der Waals surface area (Å²) >= 11 is 0. The van der Waals surface area contributed by atoms with Crippen LogP contribution in [0.15, 0.2) is 0 Å². The monoisotopic (exact) mass is 230 g/mol. The van der Waals surface area contributed by atoms with Crippen molar-refractivity contribution in [1.29, 1.82) is 0 Å². The van der Waals surface area contributed by atoms with Crippen LogP contribution in [0.4, 0.5) is 19.2 Å². The molecule has 0 bridgehead atoms. The summed E-state index contributed by atoms with van der Waals surface area (Å²) < 4.78 is 9.92. The van der Waals surface area contributed by atoms with Crippen molar-refractivity contribution in [3.63, 3.8) is 0 Å². The molecular weight excluding hydrogens is 227 g/mol. The second-order valence-corrected chi connectivity index (χ2v) is 1.34. The van der Waals surface area contributed by atoms with Crippen molar-refractivity contribution >= 4 is 37.0 Å². The molecule has 0 aliphatic carbocycles. The smallest absolute Gasteiger partial charge is 0.449 e. The van der Waals surface area contributed by atoms with Gasteiger partial charge in [-0.1, -0.05) is 0 Å². The van der Waals surface area contributed by atoms with Crippen LogP contribution in [-0.2, 0) is 14.2 Å². The van der Waals surface area contributed by atoms with Crippen LogP contribution in [0.1, 0.15) is 0 Å². The number of hydrogen-bond acceptors (Lipinski definition) is 7. The fraction of sp³-hybridized carbons (Fsp3) is 0. The van der Waals surface area contributed by atoms with Gasteiger partial charge in [-0.15, -0.1) is 12.4 Å². The Hall–Kier alpha value is -2.03. The summed E-state index contributed by atoms with van der Waals surface area (Å²) in [4.78, 5) is 39.5. The van der Waals surface area contributed by atoms with Crippen molar-refractivity contribution in [3.05, 3.63) is 0 Å². The predicted octanol–water partition coefficient (Wildman–Crippen LogP) is 1.05. The topological polar surface area (TPSA) is 136 Å². The summed E-state index contributed by atoms with van der Waals surface area (Å²) in [6.07, 6.45) is -7.82. The number of ether oxygens (including phenoxy) is 3. The largest absolute Gasteiger partial charge is 0.528 e. The molecule has 0 saturated heterocycles. The van der Waals surface area contributed by atoms with E-state index in [2.05, 4.69) is 14.2 Å². The summed E-state index contributed by atoms with van der Waals surface area (Å²) in [6.45, 7) is 0. The van der Waals surface area contributed by atoms with Gasteiger partial charge in [0.15, 0.2) is 0 Å². The van der Waals surface area contributed by atoms with E-state index >= 15 is 0 Å². The standard InChI is InChI=1S/C4H2O9.ClH/c5-1(6)11-3(9)13-4(10)12-2(7)8;/h(H,5,6)(H,7,8);1H. The number of halogens is 1. The molecule has 0 amide bonds. The molecule has 0 aliphatic heterocycles. The lowest BCUT2D eigenvalue weighted by Gasteiger charge is -1.97. The second-order valence-electron chi connectivity index (χ2n) is 1.34. The summed E-state index contributed by atoms with van der Waals surface area (Å²) in [5, 5.41) is 15.6. The van der Waals surface area contributed by atoms with Crippen LogP contribution in [0.3, 0.4) is 0 Å². The van der Waals surface area contributed by atoms with E-state index in [0.717, 1.165) is 0 Å². The summed E-state index contributed by atoms with van der Waals surface area (Å²) in [5.74, 6) is 0. The van der Waals surface area contributed by atoms with Crippen molar-refractivity contribution in [2.45, 2.75) is 0 Å². The van der Waals surface area contributed by atoms with Crippen molar-refractivity contribution < 1.29 is 43.6 Å². The van der Waals surface area contributed by atoms with Gasteiger partial charge >= 0.3 is 24.6 Å². The highest BCUT2D eigenvalue weighted by atomic mass is 35.5. The zero-order valence-corrected chi connectivity index (χ0v) is 6.98. The van der Waals surface area contributed by atoms with Gasteiger partial charge in [-0.2, -0.15) is 0 Å². The van der Waals surface area contributed by atoms with Crippen LogP contribution in [0, 0.1) is 0 Å². The normalized spacial score (nSPS) is 7.71. The van der Waals surface area contributed by atoms with Crippen LogP contribution >= 0.6 is 12.4 Å². The summed E-state index contributed by atoms with van der Waals surface area (Å²) in [7, 11) is 0. The number of hydrogen-bond donors (Lipinski definition) is 2. The van der Waals surface area contributed by atoms with Crippen molar-refractivity contribution in [2.75, 3.05) is 0 Å². The zero-order chi connectivity index (χ0) is 10.4. The van der Waals surface area contributed by atoms with Gasteiger partial charge in [0.1, 0.15) is 0 Å². The Morgan fingerprint density at radius 2 is 1.00 bits per heavy atom. The molecule has 0 fully saturated rings.